The zero-order valence-electron chi connectivity index (χ0n) is 24.2. The van der Waals surface area contributed by atoms with Gasteiger partial charge in [-0.1, -0.05) is 0 Å². The molecule has 2 N–H and O–H groups in total. The zero-order chi connectivity index (χ0) is 35.0. The SMILES string of the molecule is O=C(O)c1nccc(-c2cc(F)c(F)c(F)c2-c2ccccn2)[c]1[Ir+][c]1c(-c2cc(F)c(F)c(F)c2-c2ccccn2)ccnc1C(=O)O. The van der Waals surface area contributed by atoms with Gasteiger partial charge in [0.2, 0.25) is 0 Å². The molecule has 0 fully saturated rings. The number of rotatable bonds is 8. The van der Waals surface area contributed by atoms with E-state index >= 15 is 8.78 Å². The van der Waals surface area contributed by atoms with E-state index in [1.165, 1.54) is 60.9 Å². The van der Waals surface area contributed by atoms with E-state index in [2.05, 4.69) is 19.9 Å². The molecule has 0 aliphatic carbocycles. The molecule has 15 heteroatoms. The fraction of sp³-hybridized carbons (Fsp3) is 0. The number of pyridine rings is 4. The molecule has 0 saturated carbocycles. The van der Waals surface area contributed by atoms with Crippen LogP contribution in [0.15, 0.2) is 85.5 Å². The van der Waals surface area contributed by atoms with Gasteiger partial charge in [-0.05, 0) is 0 Å². The molecule has 0 atom stereocenters. The number of hydrogen-bond acceptors (Lipinski definition) is 6. The Bertz CT molecular complexity index is 2140. The summed E-state index contributed by atoms with van der Waals surface area (Å²) in [5.74, 6) is -13.3. The molecule has 0 saturated heterocycles. The summed E-state index contributed by atoms with van der Waals surface area (Å²) in [7, 11) is 0. The molecule has 2 aromatic carbocycles. The predicted octanol–water partition coefficient (Wildman–Crippen LogP) is 6.20. The zero-order valence-corrected chi connectivity index (χ0v) is 26.6. The van der Waals surface area contributed by atoms with Gasteiger partial charge in [-0.15, -0.1) is 0 Å². The summed E-state index contributed by atoms with van der Waals surface area (Å²) >= 11 is -2.40. The predicted molar refractivity (Wildman–Crippen MR) is 159 cm³/mol. The van der Waals surface area contributed by atoms with Crippen molar-refractivity contribution in [1.82, 2.24) is 19.9 Å². The summed E-state index contributed by atoms with van der Waals surface area (Å²) in [6.45, 7) is 0. The molecule has 0 aliphatic heterocycles. The van der Waals surface area contributed by atoms with E-state index < -0.39 is 87.1 Å². The number of aromatic carboxylic acids is 2. The number of halogens is 6. The number of carboxylic acid groups (broad SMARTS) is 2. The third-order valence-corrected chi connectivity index (χ3v) is 10.7. The monoisotopic (exact) mass is 851 g/mol. The van der Waals surface area contributed by atoms with Gasteiger partial charge in [0.25, 0.3) is 0 Å². The number of benzene rings is 2. The normalized spacial score (nSPS) is 11.1. The van der Waals surface area contributed by atoms with Gasteiger partial charge >= 0.3 is 280 Å². The summed E-state index contributed by atoms with van der Waals surface area (Å²) in [5, 5.41) is 20.3. The molecular formula is C34H16F6IrN4O4+. The third kappa shape index (κ3) is 6.05. The van der Waals surface area contributed by atoms with E-state index in [4.69, 9.17) is 0 Å². The molecule has 6 aromatic rings. The Labute approximate surface area is 279 Å². The summed E-state index contributed by atoms with van der Waals surface area (Å²) in [6.07, 6.45) is 4.60. The molecule has 0 amide bonds. The molecule has 0 radical (unpaired) electrons. The Kier molecular flexibility index (Phi) is 9.04. The van der Waals surface area contributed by atoms with E-state index in [0.717, 1.165) is 12.4 Å². The second kappa shape index (κ2) is 13.4. The molecule has 4 aromatic heterocycles. The minimum absolute atomic E-state index is 0.140. The van der Waals surface area contributed by atoms with Crippen LogP contribution >= 0.6 is 0 Å². The Morgan fingerprint density at radius 1 is 0.510 bits per heavy atom. The van der Waals surface area contributed by atoms with Gasteiger partial charge in [-0.2, -0.15) is 0 Å². The van der Waals surface area contributed by atoms with Crippen LogP contribution in [0.25, 0.3) is 44.8 Å². The molecule has 0 aliphatic rings. The van der Waals surface area contributed by atoms with Gasteiger partial charge in [0.15, 0.2) is 0 Å². The third-order valence-electron chi connectivity index (χ3n) is 7.05. The van der Waals surface area contributed by atoms with E-state index in [-0.39, 0.29) is 41.8 Å². The van der Waals surface area contributed by atoms with Gasteiger partial charge in [0.05, 0.1) is 0 Å². The number of carboxylic acids is 2. The molecule has 8 nitrogen and oxygen atoms in total. The van der Waals surface area contributed by atoms with E-state index in [1.807, 2.05) is 0 Å². The summed E-state index contributed by atoms with van der Waals surface area (Å²) in [6, 6.07) is 12.2. The Hall–Kier alpha value is -5.79. The first-order valence-corrected chi connectivity index (χ1v) is 16.1. The van der Waals surface area contributed by atoms with E-state index in [1.54, 1.807) is 0 Å². The fourth-order valence-electron chi connectivity index (χ4n) is 4.96. The summed E-state index contributed by atoms with van der Waals surface area (Å²) in [4.78, 5) is 41.0. The van der Waals surface area contributed by atoms with Crippen molar-refractivity contribution in [3.05, 3.63) is 132 Å². The molecular weight excluding hydrogens is 835 g/mol. The average Bonchev–Trinajstić information content (AvgIpc) is 3.10. The van der Waals surface area contributed by atoms with Gasteiger partial charge in [-0.3, -0.25) is 0 Å². The molecule has 0 bridgehead atoms. The van der Waals surface area contributed by atoms with Crippen molar-refractivity contribution in [2.75, 3.05) is 0 Å². The second-order valence-electron chi connectivity index (χ2n) is 9.94. The van der Waals surface area contributed by atoms with Gasteiger partial charge in [0.1, 0.15) is 0 Å². The van der Waals surface area contributed by atoms with Crippen molar-refractivity contribution in [2.45, 2.75) is 0 Å². The first kappa shape index (κ1) is 33.1. The molecule has 246 valence electrons. The quantitative estimate of drug-likeness (QED) is 0.137. The molecule has 49 heavy (non-hydrogen) atoms. The maximum absolute atomic E-state index is 15.5. The summed E-state index contributed by atoms with van der Waals surface area (Å²) < 4.78 is 89.6. The average molecular weight is 851 g/mol. The second-order valence-corrected chi connectivity index (χ2v) is 12.9. The van der Waals surface area contributed by atoms with Crippen LogP contribution in [0, 0.1) is 34.9 Å². The van der Waals surface area contributed by atoms with Gasteiger partial charge in [0, 0.05) is 0 Å². The molecule has 6 rings (SSSR count). The van der Waals surface area contributed by atoms with Crippen LogP contribution in [0.4, 0.5) is 26.3 Å². The molecule has 0 unspecified atom stereocenters. The van der Waals surface area contributed by atoms with Crippen LogP contribution in [0.5, 0.6) is 0 Å². The number of carbonyl (C=O) groups is 2. The van der Waals surface area contributed by atoms with Crippen LogP contribution < -0.4 is 8.15 Å². The Morgan fingerprint density at radius 3 is 1.27 bits per heavy atom. The number of aromatic nitrogens is 4. The van der Waals surface area contributed by atoms with Crippen LogP contribution in [0.3, 0.4) is 0 Å². The standard InChI is InChI=1S/2C17H8F3N2O2.Ir/c2*18-11-8-10(9-4-6-22-13(7-9)17(23)24)14(16(20)15(11)19)12-3-1-2-5-21-12;/h2*1-6,8H,(H,23,24);/q;;+1. The van der Waals surface area contributed by atoms with Crippen LogP contribution in [0.2, 0.25) is 0 Å². The topological polar surface area (TPSA) is 126 Å². The van der Waals surface area contributed by atoms with Crippen molar-refractivity contribution in [2.24, 2.45) is 0 Å². The van der Waals surface area contributed by atoms with Crippen LogP contribution in [-0.4, -0.2) is 42.1 Å². The molecule has 0 spiro atoms. The first-order chi connectivity index (χ1) is 23.5. The number of nitrogens with zero attached hydrogens (tertiary/aromatic N) is 4. The fourth-order valence-corrected chi connectivity index (χ4v) is 8.63. The van der Waals surface area contributed by atoms with Gasteiger partial charge in [-0.25, -0.2) is 0 Å². The summed E-state index contributed by atoms with van der Waals surface area (Å²) in [5.41, 5.74) is -3.65. The van der Waals surface area contributed by atoms with Gasteiger partial charge < -0.3 is 0 Å². The van der Waals surface area contributed by atoms with E-state index in [0.29, 0.717) is 12.1 Å². The van der Waals surface area contributed by atoms with Crippen molar-refractivity contribution < 1.29 is 63.8 Å². The number of hydrogen-bond donors (Lipinski definition) is 2. The Morgan fingerprint density at radius 2 is 0.918 bits per heavy atom. The minimum atomic E-state index is -2.40. The van der Waals surface area contributed by atoms with E-state index in [9.17, 15) is 37.4 Å². The first-order valence-electron chi connectivity index (χ1n) is 13.7. The van der Waals surface area contributed by atoms with Crippen molar-refractivity contribution in [3.8, 4) is 44.8 Å². The van der Waals surface area contributed by atoms with Crippen molar-refractivity contribution in [3.63, 3.8) is 0 Å². The van der Waals surface area contributed by atoms with Crippen LogP contribution in [0.1, 0.15) is 21.0 Å². The molecule has 4 heterocycles. The van der Waals surface area contributed by atoms with Crippen molar-refractivity contribution >= 4 is 20.1 Å². The van der Waals surface area contributed by atoms with Crippen LogP contribution in [-0.2, 0) is 17.7 Å². The van der Waals surface area contributed by atoms with Crippen molar-refractivity contribution in [1.29, 1.82) is 0 Å². The Balaban J connectivity index is 1.69. The maximum atomic E-state index is 15.5.